The molecule has 0 bridgehead atoms. The van der Waals surface area contributed by atoms with E-state index in [1.165, 1.54) is 22.9 Å². The Bertz CT molecular complexity index is 904. The first-order chi connectivity index (χ1) is 14.2. The summed E-state index contributed by atoms with van der Waals surface area (Å²) in [7, 11) is 0. The van der Waals surface area contributed by atoms with Gasteiger partial charge < -0.3 is 4.90 Å². The summed E-state index contributed by atoms with van der Waals surface area (Å²) in [6.07, 6.45) is 0.555. The van der Waals surface area contributed by atoms with Crippen LogP contribution in [-0.4, -0.2) is 41.9 Å². The van der Waals surface area contributed by atoms with Gasteiger partial charge in [-0.15, -0.1) is 0 Å². The summed E-state index contributed by atoms with van der Waals surface area (Å²) in [4.78, 5) is 14.1. The molecule has 1 fully saturated rings. The van der Waals surface area contributed by atoms with Crippen LogP contribution < -0.4 is 4.72 Å². The molecule has 0 aliphatic carbocycles. The van der Waals surface area contributed by atoms with Gasteiger partial charge >= 0.3 is 0 Å². The maximum absolute atomic E-state index is 15.3. The fourth-order valence-corrected chi connectivity index (χ4v) is 4.45. The van der Waals surface area contributed by atoms with Crippen molar-refractivity contribution in [2.45, 2.75) is 38.5 Å². The Labute approximate surface area is 178 Å². The second-order valence-corrected chi connectivity index (χ2v) is 8.36. The summed E-state index contributed by atoms with van der Waals surface area (Å²) in [5.41, 5.74) is 0.387. The van der Waals surface area contributed by atoms with E-state index in [2.05, 4.69) is 4.72 Å². The first-order valence-corrected chi connectivity index (χ1v) is 10.9. The van der Waals surface area contributed by atoms with Crippen molar-refractivity contribution in [2.24, 2.45) is 5.92 Å². The van der Waals surface area contributed by atoms with Gasteiger partial charge in [0.25, 0.3) is 0 Å². The zero-order valence-corrected chi connectivity index (χ0v) is 17.8. The summed E-state index contributed by atoms with van der Waals surface area (Å²) in [5.74, 6) is -2.76. The molecule has 3 rings (SSSR count). The lowest BCUT2D eigenvalue weighted by molar-refractivity contribution is -0.135. The molecule has 1 heterocycles. The Morgan fingerprint density at radius 1 is 1.20 bits per heavy atom. The van der Waals surface area contributed by atoms with Crippen LogP contribution in [0.15, 0.2) is 36.4 Å². The van der Waals surface area contributed by atoms with Crippen molar-refractivity contribution in [3.05, 3.63) is 59.4 Å². The van der Waals surface area contributed by atoms with Crippen LogP contribution >= 0.6 is 11.9 Å². The van der Waals surface area contributed by atoms with Gasteiger partial charge in [0.15, 0.2) is 0 Å². The number of rotatable bonds is 6. The number of halogens is 4. The van der Waals surface area contributed by atoms with E-state index in [1.54, 1.807) is 32.2 Å². The molecule has 0 saturated carbocycles. The highest BCUT2D eigenvalue weighted by atomic mass is 32.2. The fraction of sp³-hybridized carbons (Fsp3) is 0.409. The lowest BCUT2D eigenvalue weighted by Crippen LogP contribution is -2.46. The molecule has 0 radical (unpaired) electrons. The van der Waals surface area contributed by atoms with Crippen LogP contribution in [0.2, 0.25) is 0 Å². The van der Waals surface area contributed by atoms with Crippen molar-refractivity contribution in [1.29, 1.82) is 0 Å². The number of amides is 1. The smallest absolute Gasteiger partial charge is 0.225 e. The van der Waals surface area contributed by atoms with Gasteiger partial charge in [0, 0.05) is 17.5 Å². The maximum atomic E-state index is 15.3. The number of nitrogens with zero attached hydrogens (tertiary/aromatic N) is 1. The number of alkyl halides is 1. The molecule has 3 nitrogen and oxygen atoms in total. The van der Waals surface area contributed by atoms with Gasteiger partial charge in [-0.25, -0.2) is 17.6 Å². The van der Waals surface area contributed by atoms with Gasteiger partial charge in [0.1, 0.15) is 23.6 Å². The van der Waals surface area contributed by atoms with E-state index >= 15 is 4.39 Å². The standard InChI is InChI=1S/C22H24F4N2OS/c1-12(2)22(29)28-11-18(25)21(27-30-3)19(28)9-13-5-4-6-17(20(13)26)14-7-15(23)10-16(24)8-14/h4-8,10,12,18-19,21,27H,9,11H2,1-3H3/t18-,19-,21-/m0/s1. The van der Waals surface area contributed by atoms with Gasteiger partial charge in [0.05, 0.1) is 18.6 Å². The maximum Gasteiger partial charge on any atom is 0.225 e. The van der Waals surface area contributed by atoms with E-state index in [0.29, 0.717) is 0 Å². The molecule has 0 spiro atoms. The highest BCUT2D eigenvalue weighted by Gasteiger charge is 2.44. The molecule has 30 heavy (non-hydrogen) atoms. The molecule has 2 aromatic carbocycles. The van der Waals surface area contributed by atoms with Crippen molar-refractivity contribution in [3.8, 4) is 11.1 Å². The van der Waals surface area contributed by atoms with E-state index in [1.807, 2.05) is 0 Å². The quantitative estimate of drug-likeness (QED) is 0.520. The summed E-state index contributed by atoms with van der Waals surface area (Å²) in [6.45, 7) is 3.42. The highest BCUT2D eigenvalue weighted by molar-refractivity contribution is 7.96. The molecule has 162 valence electrons. The summed E-state index contributed by atoms with van der Waals surface area (Å²) in [5, 5.41) is 0. The van der Waals surface area contributed by atoms with Gasteiger partial charge in [0.2, 0.25) is 5.91 Å². The van der Waals surface area contributed by atoms with Crippen LogP contribution in [0, 0.1) is 23.4 Å². The van der Waals surface area contributed by atoms with E-state index in [4.69, 9.17) is 0 Å². The lowest BCUT2D eigenvalue weighted by atomic mass is 9.95. The number of benzene rings is 2. The normalized spacial score (nSPS) is 21.5. The molecule has 0 unspecified atom stereocenters. The van der Waals surface area contributed by atoms with Crippen molar-refractivity contribution < 1.29 is 22.4 Å². The molecule has 1 saturated heterocycles. The third-order valence-corrected chi connectivity index (χ3v) is 5.80. The Hall–Kier alpha value is -2.06. The zero-order chi connectivity index (χ0) is 22.0. The molecule has 1 aliphatic heterocycles. The van der Waals surface area contributed by atoms with Crippen LogP contribution in [0.3, 0.4) is 0 Å². The molecule has 3 atom stereocenters. The van der Waals surface area contributed by atoms with Gasteiger partial charge in [-0.1, -0.05) is 44.0 Å². The predicted molar refractivity (Wildman–Crippen MR) is 111 cm³/mol. The van der Waals surface area contributed by atoms with Crippen LogP contribution in [0.4, 0.5) is 17.6 Å². The predicted octanol–water partition coefficient (Wildman–Crippen LogP) is 4.75. The van der Waals surface area contributed by atoms with Crippen molar-refractivity contribution >= 4 is 17.9 Å². The molecular formula is C22H24F4N2OS. The van der Waals surface area contributed by atoms with Gasteiger partial charge in [-0.2, -0.15) is 0 Å². The van der Waals surface area contributed by atoms with Gasteiger partial charge in [-0.3, -0.25) is 9.52 Å². The molecule has 0 aromatic heterocycles. The average molecular weight is 441 g/mol. The Balaban J connectivity index is 1.97. The summed E-state index contributed by atoms with van der Waals surface area (Å²) in [6, 6.07) is 6.18. The largest absolute Gasteiger partial charge is 0.334 e. The molecule has 8 heteroatoms. The van der Waals surface area contributed by atoms with Gasteiger partial charge in [-0.05, 0) is 35.9 Å². The second-order valence-electron chi connectivity index (χ2n) is 7.72. The Morgan fingerprint density at radius 2 is 1.87 bits per heavy atom. The first-order valence-electron chi connectivity index (χ1n) is 9.69. The molecule has 1 N–H and O–H groups in total. The third kappa shape index (κ3) is 4.64. The van der Waals surface area contributed by atoms with Crippen molar-refractivity contribution in [2.75, 3.05) is 12.8 Å². The minimum absolute atomic E-state index is 0.0526. The first kappa shape index (κ1) is 22.6. The van der Waals surface area contributed by atoms with Crippen LogP contribution in [0.1, 0.15) is 19.4 Å². The number of hydrogen-bond donors (Lipinski definition) is 1. The second kappa shape index (κ2) is 9.39. The summed E-state index contributed by atoms with van der Waals surface area (Å²) < 4.78 is 60.2. The zero-order valence-electron chi connectivity index (χ0n) is 17.0. The Kier molecular flexibility index (Phi) is 7.08. The van der Waals surface area contributed by atoms with Crippen LogP contribution in [-0.2, 0) is 11.2 Å². The van der Waals surface area contributed by atoms with E-state index in [9.17, 15) is 18.0 Å². The number of carbonyl (C=O) groups excluding carboxylic acids is 1. The summed E-state index contributed by atoms with van der Waals surface area (Å²) >= 11 is 1.24. The Morgan fingerprint density at radius 3 is 2.47 bits per heavy atom. The minimum Gasteiger partial charge on any atom is -0.334 e. The number of carbonyl (C=O) groups is 1. The minimum atomic E-state index is -1.28. The van der Waals surface area contributed by atoms with Crippen molar-refractivity contribution in [1.82, 2.24) is 9.62 Å². The van der Waals surface area contributed by atoms with Crippen molar-refractivity contribution in [3.63, 3.8) is 0 Å². The highest BCUT2D eigenvalue weighted by Crippen LogP contribution is 2.31. The van der Waals surface area contributed by atoms with Crippen LogP contribution in [0.5, 0.6) is 0 Å². The molecular weight excluding hydrogens is 416 g/mol. The van der Waals surface area contributed by atoms with E-state index < -0.39 is 35.7 Å². The third-order valence-electron chi connectivity index (χ3n) is 5.29. The number of nitrogens with one attached hydrogen (secondary N) is 1. The number of likely N-dealkylation sites (tertiary alicyclic amines) is 1. The lowest BCUT2D eigenvalue weighted by Gasteiger charge is -2.29. The fourth-order valence-electron chi connectivity index (χ4n) is 3.88. The molecule has 1 amide bonds. The SMILES string of the molecule is CSN[C@H]1[C@@H](F)CN(C(=O)C(C)C)[C@H]1Cc1cccc(-c2cc(F)cc(F)c2)c1F. The molecule has 1 aliphatic rings. The average Bonchev–Trinajstić information content (AvgIpc) is 2.98. The topological polar surface area (TPSA) is 32.3 Å². The van der Waals surface area contributed by atoms with Crippen LogP contribution in [0.25, 0.3) is 11.1 Å². The number of hydrogen-bond acceptors (Lipinski definition) is 3. The van der Waals surface area contributed by atoms with E-state index in [-0.39, 0.29) is 41.5 Å². The van der Waals surface area contributed by atoms with E-state index in [0.717, 1.165) is 18.2 Å². The monoisotopic (exact) mass is 440 g/mol. The molecule has 2 aromatic rings.